The fourth-order valence-electron chi connectivity index (χ4n) is 1.23. The predicted octanol–water partition coefficient (Wildman–Crippen LogP) is 1.95. The largest absolute Gasteiger partial charge is 0.481 e. The Kier molecular flexibility index (Phi) is 2.74. The summed E-state index contributed by atoms with van der Waals surface area (Å²) in [5.41, 5.74) is -1.51. The summed E-state index contributed by atoms with van der Waals surface area (Å²) in [5.74, 6) is -1.19. The Bertz CT molecular complexity index is 314. The third-order valence-corrected chi connectivity index (χ3v) is 3.44. The van der Waals surface area contributed by atoms with E-state index in [4.69, 9.17) is 28.3 Å². The molecule has 1 rings (SSSR count). The molecular weight excluding hydrogens is 227 g/mol. The molecule has 2 unspecified atom stereocenters. The van der Waals surface area contributed by atoms with Gasteiger partial charge in [0.2, 0.25) is 5.24 Å². The molecule has 0 aromatic heterocycles. The summed E-state index contributed by atoms with van der Waals surface area (Å²) in [6, 6.07) is 0. The highest BCUT2D eigenvalue weighted by atomic mass is 35.5. The Morgan fingerprint density at radius 2 is 1.79 bits per heavy atom. The lowest BCUT2D eigenvalue weighted by Gasteiger charge is -2.35. The van der Waals surface area contributed by atoms with Gasteiger partial charge in [0.25, 0.3) is 0 Å². The molecule has 1 N–H and O–H groups in total. The molecule has 0 saturated heterocycles. The van der Waals surface area contributed by atoms with Crippen LogP contribution in [-0.4, -0.2) is 21.2 Å². The van der Waals surface area contributed by atoms with Crippen molar-refractivity contribution >= 4 is 34.4 Å². The third kappa shape index (κ3) is 1.37. The lowest BCUT2D eigenvalue weighted by Crippen LogP contribution is -2.49. The molecule has 2 atom stereocenters. The first kappa shape index (κ1) is 11.3. The third-order valence-electron chi connectivity index (χ3n) is 2.35. The number of carboxylic acids is 1. The number of carbonyl (C=O) groups excluding carboxylic acids is 1. The molecule has 3 nitrogen and oxygen atoms in total. The van der Waals surface area contributed by atoms with Crippen LogP contribution in [0.3, 0.4) is 0 Å². The van der Waals surface area contributed by atoms with Crippen molar-refractivity contribution in [1.82, 2.24) is 0 Å². The van der Waals surface area contributed by atoms with Gasteiger partial charge >= 0.3 is 5.97 Å². The van der Waals surface area contributed by atoms with Crippen LogP contribution in [0.5, 0.6) is 0 Å². The number of alkyl halides is 1. The maximum Gasteiger partial charge on any atom is 0.315 e. The minimum absolute atomic E-state index is 0.898. The fourth-order valence-corrected chi connectivity index (χ4v) is 1.70. The molecule has 0 heterocycles. The van der Waals surface area contributed by atoms with E-state index < -0.39 is 21.5 Å². The number of carboxylic acid groups (broad SMARTS) is 1. The van der Waals surface area contributed by atoms with Crippen LogP contribution in [-0.2, 0) is 9.59 Å². The molecule has 1 aliphatic carbocycles. The molecule has 14 heavy (non-hydrogen) atoms. The van der Waals surface area contributed by atoms with Crippen LogP contribution in [0.4, 0.5) is 0 Å². The van der Waals surface area contributed by atoms with E-state index in [1.807, 2.05) is 0 Å². The zero-order valence-electron chi connectivity index (χ0n) is 7.33. The molecule has 0 amide bonds. The van der Waals surface area contributed by atoms with Gasteiger partial charge in [0.05, 0.1) is 0 Å². The second-order valence-electron chi connectivity index (χ2n) is 3.21. The highest BCUT2D eigenvalue weighted by Crippen LogP contribution is 2.43. The molecule has 0 aromatic rings. The van der Waals surface area contributed by atoms with Gasteiger partial charge in [-0.05, 0) is 18.5 Å². The molecule has 76 valence electrons. The minimum Gasteiger partial charge on any atom is -0.481 e. The molecule has 0 radical (unpaired) electrons. The highest BCUT2D eigenvalue weighted by Gasteiger charge is 2.54. The van der Waals surface area contributed by atoms with Crippen molar-refractivity contribution in [2.45, 2.75) is 11.8 Å². The molecule has 0 bridgehead atoms. The summed E-state index contributed by atoms with van der Waals surface area (Å²) in [6.07, 6.45) is 5.66. The van der Waals surface area contributed by atoms with E-state index in [0.717, 1.165) is 0 Å². The first-order valence-corrected chi connectivity index (χ1v) is 4.59. The van der Waals surface area contributed by atoms with E-state index in [1.165, 1.54) is 31.2 Å². The standard InChI is InChI=1S/C9H8Cl2O3/c1-8(7(13)14)4-2-3-5-9(8,11)6(10)12/h2-5H,1H3,(H,13,14). The first-order chi connectivity index (χ1) is 6.34. The molecule has 1 aliphatic rings. The zero-order valence-corrected chi connectivity index (χ0v) is 8.84. The average molecular weight is 235 g/mol. The molecule has 0 aliphatic heterocycles. The van der Waals surface area contributed by atoms with Crippen LogP contribution in [0.1, 0.15) is 6.92 Å². The second-order valence-corrected chi connectivity index (χ2v) is 4.15. The maximum absolute atomic E-state index is 11.1. The van der Waals surface area contributed by atoms with Crippen LogP contribution in [0.2, 0.25) is 0 Å². The number of carbonyl (C=O) groups is 2. The lowest BCUT2D eigenvalue weighted by molar-refractivity contribution is -0.147. The zero-order chi connectivity index (χ0) is 11.0. The van der Waals surface area contributed by atoms with Crippen LogP contribution in [0.15, 0.2) is 24.3 Å². The number of rotatable bonds is 2. The number of aliphatic carboxylic acids is 1. The smallest absolute Gasteiger partial charge is 0.315 e. The number of hydrogen-bond donors (Lipinski definition) is 1. The van der Waals surface area contributed by atoms with Gasteiger partial charge in [0.1, 0.15) is 5.41 Å². The predicted molar refractivity (Wildman–Crippen MR) is 53.5 cm³/mol. The number of halogens is 2. The maximum atomic E-state index is 11.1. The van der Waals surface area contributed by atoms with E-state index >= 15 is 0 Å². The van der Waals surface area contributed by atoms with Crippen molar-refractivity contribution in [1.29, 1.82) is 0 Å². The normalized spacial score (nSPS) is 35.6. The van der Waals surface area contributed by atoms with E-state index in [2.05, 4.69) is 0 Å². The van der Waals surface area contributed by atoms with E-state index in [9.17, 15) is 9.59 Å². The Morgan fingerprint density at radius 3 is 2.14 bits per heavy atom. The average Bonchev–Trinajstić information content (AvgIpc) is 2.09. The van der Waals surface area contributed by atoms with Gasteiger partial charge in [-0.15, -0.1) is 11.6 Å². The molecule has 0 fully saturated rings. The Balaban J connectivity index is 3.30. The van der Waals surface area contributed by atoms with Crippen molar-refractivity contribution in [3.05, 3.63) is 24.3 Å². The van der Waals surface area contributed by atoms with Gasteiger partial charge in [-0.25, -0.2) is 0 Å². The summed E-state index contributed by atoms with van der Waals surface area (Å²) in [4.78, 5) is 20.4. The van der Waals surface area contributed by atoms with Crippen molar-refractivity contribution < 1.29 is 14.7 Å². The molecule has 0 aromatic carbocycles. The summed E-state index contributed by atoms with van der Waals surface area (Å²) in [6.45, 7) is 1.35. The van der Waals surface area contributed by atoms with Crippen molar-refractivity contribution in [3.8, 4) is 0 Å². The van der Waals surface area contributed by atoms with E-state index in [-0.39, 0.29) is 0 Å². The number of hydrogen-bond acceptors (Lipinski definition) is 2. The van der Waals surface area contributed by atoms with Crippen molar-refractivity contribution in [2.24, 2.45) is 5.41 Å². The SMILES string of the molecule is CC1(C(=O)O)C=CC=CC1(Cl)C(=O)Cl. The lowest BCUT2D eigenvalue weighted by atomic mass is 9.74. The second kappa shape index (κ2) is 3.41. The van der Waals surface area contributed by atoms with Gasteiger partial charge in [-0.1, -0.05) is 24.3 Å². The quantitative estimate of drug-likeness (QED) is 0.587. The van der Waals surface area contributed by atoms with Gasteiger partial charge in [0, 0.05) is 0 Å². The van der Waals surface area contributed by atoms with Crippen molar-refractivity contribution in [2.75, 3.05) is 0 Å². The molecule has 5 heteroatoms. The summed E-state index contributed by atoms with van der Waals surface area (Å²) < 4.78 is 0. The molecule has 0 spiro atoms. The van der Waals surface area contributed by atoms with Gasteiger partial charge in [0.15, 0.2) is 4.87 Å². The van der Waals surface area contributed by atoms with Crippen LogP contribution in [0, 0.1) is 5.41 Å². The van der Waals surface area contributed by atoms with Crippen LogP contribution in [0.25, 0.3) is 0 Å². The van der Waals surface area contributed by atoms with Gasteiger partial charge < -0.3 is 5.11 Å². The molecule has 0 saturated carbocycles. The monoisotopic (exact) mass is 234 g/mol. The number of allylic oxidation sites excluding steroid dienone is 3. The van der Waals surface area contributed by atoms with Gasteiger partial charge in [-0.2, -0.15) is 0 Å². The van der Waals surface area contributed by atoms with Gasteiger partial charge in [-0.3, -0.25) is 9.59 Å². The molecular formula is C9H8Cl2O3. The van der Waals surface area contributed by atoms with Crippen molar-refractivity contribution in [3.63, 3.8) is 0 Å². The van der Waals surface area contributed by atoms with E-state index in [1.54, 1.807) is 0 Å². The highest BCUT2D eigenvalue weighted by molar-refractivity contribution is 6.71. The van der Waals surface area contributed by atoms with E-state index in [0.29, 0.717) is 0 Å². The summed E-state index contributed by atoms with van der Waals surface area (Å²) in [7, 11) is 0. The Morgan fingerprint density at radius 1 is 1.29 bits per heavy atom. The first-order valence-electron chi connectivity index (χ1n) is 3.84. The summed E-state index contributed by atoms with van der Waals surface area (Å²) >= 11 is 11.2. The Labute approximate surface area is 91.0 Å². The fraction of sp³-hybridized carbons (Fsp3) is 0.333. The van der Waals surface area contributed by atoms with Crippen LogP contribution >= 0.6 is 23.2 Å². The van der Waals surface area contributed by atoms with Crippen LogP contribution < -0.4 is 0 Å². The Hall–Kier alpha value is -0.800. The topological polar surface area (TPSA) is 54.4 Å². The summed E-state index contributed by atoms with van der Waals surface area (Å²) in [5, 5.41) is 8.10. The minimum atomic E-state index is -1.71.